The lowest BCUT2D eigenvalue weighted by Crippen LogP contribution is -2.32. The molecule has 0 saturated carbocycles. The second kappa shape index (κ2) is 6.48. The summed E-state index contributed by atoms with van der Waals surface area (Å²) in [6.45, 7) is 3.05. The summed E-state index contributed by atoms with van der Waals surface area (Å²) in [7, 11) is 1.63. The Kier molecular flexibility index (Phi) is 5.25. The van der Waals surface area contributed by atoms with Crippen molar-refractivity contribution in [3.63, 3.8) is 0 Å². The van der Waals surface area contributed by atoms with Gasteiger partial charge in [0.25, 0.3) is 0 Å². The molecule has 0 heterocycles. The van der Waals surface area contributed by atoms with Crippen LogP contribution in [0, 0.1) is 6.92 Å². The number of methoxy groups -OCH3 is 1. The molecule has 0 unspecified atom stereocenters. The van der Waals surface area contributed by atoms with Crippen molar-refractivity contribution >= 4 is 17.4 Å². The third-order valence-corrected chi connectivity index (χ3v) is 2.63. The van der Waals surface area contributed by atoms with E-state index in [2.05, 4.69) is 10.4 Å². The quantitative estimate of drug-likeness (QED) is 0.276. The number of benzene rings is 1. The van der Waals surface area contributed by atoms with Crippen LogP contribution in [-0.2, 0) is 4.74 Å². The average molecular weight is 242 g/mol. The van der Waals surface area contributed by atoms with Gasteiger partial charge in [0.2, 0.25) is 0 Å². The lowest BCUT2D eigenvalue weighted by atomic mass is 10.1. The summed E-state index contributed by atoms with van der Waals surface area (Å²) in [4.78, 5) is 4.30. The van der Waals surface area contributed by atoms with Gasteiger partial charge in [0.05, 0.1) is 13.2 Å². The fourth-order valence-electron chi connectivity index (χ4n) is 1.32. The smallest absolute Gasteiger partial charge is 0.142 e. The van der Waals surface area contributed by atoms with E-state index in [0.717, 1.165) is 11.1 Å². The zero-order chi connectivity index (χ0) is 12.0. The zero-order valence-electron chi connectivity index (χ0n) is 9.46. The van der Waals surface area contributed by atoms with Crippen molar-refractivity contribution in [3.05, 3.63) is 34.3 Å². The van der Waals surface area contributed by atoms with Crippen LogP contribution in [0.2, 0.25) is 5.02 Å². The number of hydrogen-bond acceptors (Lipinski definition) is 3. The van der Waals surface area contributed by atoms with E-state index in [0.29, 0.717) is 24.0 Å². The van der Waals surface area contributed by atoms with Crippen molar-refractivity contribution in [3.8, 4) is 0 Å². The van der Waals surface area contributed by atoms with Gasteiger partial charge < -0.3 is 10.2 Å². The normalized spacial score (nSPS) is 11.6. The molecule has 0 aliphatic rings. The Balaban J connectivity index is 2.95. The number of ether oxygens (including phenoxy) is 1. The molecule has 3 N–H and O–H groups in total. The van der Waals surface area contributed by atoms with Crippen LogP contribution in [0.5, 0.6) is 0 Å². The Morgan fingerprint density at radius 2 is 2.31 bits per heavy atom. The predicted molar refractivity (Wildman–Crippen MR) is 66.8 cm³/mol. The molecule has 16 heavy (non-hydrogen) atoms. The maximum Gasteiger partial charge on any atom is 0.142 e. The first-order valence-electron chi connectivity index (χ1n) is 4.96. The predicted octanol–water partition coefficient (Wildman–Crippen LogP) is 1.50. The van der Waals surface area contributed by atoms with Crippen molar-refractivity contribution in [1.82, 2.24) is 5.43 Å². The molecule has 0 amide bonds. The van der Waals surface area contributed by atoms with Crippen molar-refractivity contribution in [1.29, 1.82) is 0 Å². The maximum absolute atomic E-state index is 6.03. The highest BCUT2D eigenvalue weighted by atomic mass is 35.5. The first-order chi connectivity index (χ1) is 7.70. The fraction of sp³-hybridized carbons (Fsp3) is 0.364. The largest absolute Gasteiger partial charge is 0.383 e. The number of halogens is 1. The molecule has 0 radical (unpaired) electrons. The van der Waals surface area contributed by atoms with Crippen LogP contribution in [0.3, 0.4) is 0 Å². The van der Waals surface area contributed by atoms with Crippen LogP contribution in [0.1, 0.15) is 11.1 Å². The standard InChI is InChI=1S/C11H16ClN3O/c1-8-9(4-3-5-10(8)12)11(15-13)14-6-7-16-2/h3-5H,6-7,13H2,1-2H3,(H,14,15). The van der Waals surface area contributed by atoms with Gasteiger partial charge in [-0.05, 0) is 18.6 Å². The molecule has 0 fully saturated rings. The van der Waals surface area contributed by atoms with Gasteiger partial charge in [-0.3, -0.25) is 4.99 Å². The van der Waals surface area contributed by atoms with Gasteiger partial charge in [-0.25, -0.2) is 5.84 Å². The number of nitrogens with two attached hydrogens (primary N) is 1. The van der Waals surface area contributed by atoms with Gasteiger partial charge in [0.1, 0.15) is 5.84 Å². The molecule has 0 aromatic heterocycles. The summed E-state index contributed by atoms with van der Waals surface area (Å²) in [5.41, 5.74) is 4.45. The molecular weight excluding hydrogens is 226 g/mol. The molecule has 1 aromatic carbocycles. The first-order valence-corrected chi connectivity index (χ1v) is 5.34. The molecule has 88 valence electrons. The minimum atomic E-state index is 0.558. The molecule has 0 bridgehead atoms. The van der Waals surface area contributed by atoms with E-state index in [-0.39, 0.29) is 0 Å². The number of nitrogens with zero attached hydrogens (tertiary/aromatic N) is 1. The minimum absolute atomic E-state index is 0.558. The Labute approximate surface area is 100 Å². The number of nitrogens with one attached hydrogen (secondary N) is 1. The Morgan fingerprint density at radius 1 is 1.56 bits per heavy atom. The second-order valence-corrected chi connectivity index (χ2v) is 3.69. The SMILES string of the molecule is COCCN=C(NN)c1cccc(Cl)c1C. The van der Waals surface area contributed by atoms with Crippen LogP contribution in [0.25, 0.3) is 0 Å². The molecule has 0 saturated heterocycles. The van der Waals surface area contributed by atoms with Crippen molar-refractivity contribution in [2.45, 2.75) is 6.92 Å². The van der Waals surface area contributed by atoms with E-state index in [1.807, 2.05) is 25.1 Å². The van der Waals surface area contributed by atoms with Crippen LogP contribution < -0.4 is 11.3 Å². The summed E-state index contributed by atoms with van der Waals surface area (Å²) >= 11 is 6.03. The Hall–Kier alpha value is -1.10. The molecule has 1 rings (SSSR count). The molecule has 0 aliphatic heterocycles. The van der Waals surface area contributed by atoms with Gasteiger partial charge in [-0.15, -0.1) is 0 Å². The highest BCUT2D eigenvalue weighted by Crippen LogP contribution is 2.18. The molecule has 0 atom stereocenters. The van der Waals surface area contributed by atoms with E-state index in [1.165, 1.54) is 0 Å². The Morgan fingerprint density at radius 3 is 2.94 bits per heavy atom. The van der Waals surface area contributed by atoms with Crippen LogP contribution in [-0.4, -0.2) is 26.1 Å². The van der Waals surface area contributed by atoms with Gasteiger partial charge in [-0.1, -0.05) is 23.7 Å². The van der Waals surface area contributed by atoms with Crippen molar-refractivity contribution in [2.24, 2.45) is 10.8 Å². The summed E-state index contributed by atoms with van der Waals surface area (Å²) < 4.78 is 4.92. The lowest BCUT2D eigenvalue weighted by Gasteiger charge is -2.10. The van der Waals surface area contributed by atoms with E-state index in [1.54, 1.807) is 7.11 Å². The molecule has 0 aliphatic carbocycles. The zero-order valence-corrected chi connectivity index (χ0v) is 10.2. The van der Waals surface area contributed by atoms with Crippen LogP contribution in [0.4, 0.5) is 0 Å². The second-order valence-electron chi connectivity index (χ2n) is 3.28. The maximum atomic E-state index is 6.03. The third-order valence-electron chi connectivity index (χ3n) is 2.22. The molecule has 4 nitrogen and oxygen atoms in total. The van der Waals surface area contributed by atoms with Gasteiger partial charge in [0, 0.05) is 17.7 Å². The van der Waals surface area contributed by atoms with Gasteiger partial charge in [0.15, 0.2) is 0 Å². The van der Waals surface area contributed by atoms with Crippen molar-refractivity contribution in [2.75, 3.05) is 20.3 Å². The van der Waals surface area contributed by atoms with E-state index >= 15 is 0 Å². The highest BCUT2D eigenvalue weighted by Gasteiger charge is 2.07. The number of hydrazine groups is 1. The van der Waals surface area contributed by atoms with E-state index in [9.17, 15) is 0 Å². The Bertz CT molecular complexity index is 379. The van der Waals surface area contributed by atoms with Crippen LogP contribution >= 0.6 is 11.6 Å². The van der Waals surface area contributed by atoms with E-state index in [4.69, 9.17) is 22.2 Å². The lowest BCUT2D eigenvalue weighted by molar-refractivity contribution is 0.208. The molecular formula is C11H16ClN3O. The minimum Gasteiger partial charge on any atom is -0.383 e. The number of hydrogen-bond donors (Lipinski definition) is 2. The monoisotopic (exact) mass is 241 g/mol. The topological polar surface area (TPSA) is 59.6 Å². The van der Waals surface area contributed by atoms with Crippen LogP contribution in [0.15, 0.2) is 23.2 Å². The third kappa shape index (κ3) is 3.20. The van der Waals surface area contributed by atoms with Gasteiger partial charge >= 0.3 is 0 Å². The summed E-state index contributed by atoms with van der Waals surface area (Å²) in [6.07, 6.45) is 0. The summed E-state index contributed by atoms with van der Waals surface area (Å²) in [5, 5.41) is 0.701. The average Bonchev–Trinajstić information content (AvgIpc) is 2.29. The molecule has 1 aromatic rings. The first kappa shape index (κ1) is 13.0. The molecule has 5 heteroatoms. The molecule has 0 spiro atoms. The highest BCUT2D eigenvalue weighted by molar-refractivity contribution is 6.31. The van der Waals surface area contributed by atoms with Crippen molar-refractivity contribution < 1.29 is 4.74 Å². The van der Waals surface area contributed by atoms with E-state index < -0.39 is 0 Å². The number of aliphatic imine (C=N–C) groups is 1. The number of rotatable bonds is 4. The summed E-state index contributed by atoms with van der Waals surface area (Å²) in [5.74, 6) is 6.06. The fourth-order valence-corrected chi connectivity index (χ4v) is 1.50. The number of amidine groups is 1. The summed E-state index contributed by atoms with van der Waals surface area (Å²) in [6, 6.07) is 5.63. The van der Waals surface area contributed by atoms with Gasteiger partial charge in [-0.2, -0.15) is 0 Å².